The molecule has 0 aliphatic heterocycles. The van der Waals surface area contributed by atoms with Crippen molar-refractivity contribution in [3.8, 4) is 0 Å². The van der Waals surface area contributed by atoms with Crippen molar-refractivity contribution in [3.63, 3.8) is 0 Å². The Balaban J connectivity index is -0.0000000750. The van der Waals surface area contributed by atoms with Gasteiger partial charge in [-0.3, -0.25) is 0 Å². The topological polar surface area (TPSA) is 40.1 Å². The summed E-state index contributed by atoms with van der Waals surface area (Å²) in [6, 6.07) is 0. The zero-order valence-corrected chi connectivity index (χ0v) is 5.02. The fourth-order valence-corrected chi connectivity index (χ4v) is 0. The van der Waals surface area contributed by atoms with Crippen molar-refractivity contribution in [1.82, 2.24) is 0 Å². The van der Waals surface area contributed by atoms with Crippen LogP contribution in [-0.4, -0.2) is 5.97 Å². The molecule has 0 amide bonds. The van der Waals surface area contributed by atoms with Crippen molar-refractivity contribution >= 4 is 5.97 Å². The van der Waals surface area contributed by atoms with Crippen LogP contribution in [0.15, 0.2) is 25.8 Å². The van der Waals surface area contributed by atoms with E-state index in [-0.39, 0.29) is 18.9 Å². The summed E-state index contributed by atoms with van der Waals surface area (Å²) in [6.45, 7) is 8.90. The van der Waals surface area contributed by atoms with Gasteiger partial charge < -0.3 is 9.90 Å². The maximum atomic E-state index is 9.14. The summed E-state index contributed by atoms with van der Waals surface area (Å²) in [6.07, 6.45) is 0.722. The Kier molecular flexibility index (Phi) is 31.3. The summed E-state index contributed by atoms with van der Waals surface area (Å²) in [4.78, 5) is 9.14. The summed E-state index contributed by atoms with van der Waals surface area (Å²) in [7, 11) is 0. The molecule has 0 N–H and O–H groups in total. The van der Waals surface area contributed by atoms with E-state index in [1.165, 1.54) is 0 Å². The van der Waals surface area contributed by atoms with Crippen LogP contribution in [0, 0.1) is 0 Å². The van der Waals surface area contributed by atoms with Gasteiger partial charge in [0.1, 0.15) is 0 Å². The maximum Gasteiger partial charge on any atom is 1.00 e. The monoisotopic (exact) mass is 106 g/mol. The number of carboxylic acids is 1. The molecular formula is C5H7LiO2. The van der Waals surface area contributed by atoms with E-state index in [4.69, 9.17) is 9.90 Å². The summed E-state index contributed by atoms with van der Waals surface area (Å²) in [5.74, 6) is -1.23. The molecule has 0 aromatic carbocycles. The van der Waals surface area contributed by atoms with Gasteiger partial charge >= 0.3 is 18.9 Å². The minimum Gasteiger partial charge on any atom is -0.545 e. The molecule has 2 nitrogen and oxygen atoms in total. The van der Waals surface area contributed by atoms with Gasteiger partial charge in [0.05, 0.1) is 5.97 Å². The molecule has 0 saturated carbocycles. The number of carboxylic acid groups (broad SMARTS) is 1. The fraction of sp³-hybridized carbons (Fsp3) is 0. The molecular weight excluding hydrogens is 99.0 g/mol. The maximum absolute atomic E-state index is 9.14. The zero-order valence-electron chi connectivity index (χ0n) is 5.02. The average molecular weight is 106 g/mol. The van der Waals surface area contributed by atoms with Gasteiger partial charge in [0.15, 0.2) is 0 Å². The van der Waals surface area contributed by atoms with Gasteiger partial charge in [-0.25, -0.2) is 0 Å². The molecule has 3 heteroatoms. The standard InChI is InChI=1S/C3H4O2.C2H4.Li/c1-2-3(4)5;1-2;/h2H,1H2,(H,4,5);1-2H2;/q;;+1/p-1. The third kappa shape index (κ3) is 47.9. The Hall–Kier alpha value is -0.453. The van der Waals surface area contributed by atoms with E-state index >= 15 is 0 Å². The number of rotatable bonds is 1. The van der Waals surface area contributed by atoms with E-state index in [0.29, 0.717) is 0 Å². The molecule has 0 rings (SSSR count). The first kappa shape index (κ1) is 15.6. The van der Waals surface area contributed by atoms with E-state index < -0.39 is 5.97 Å². The first-order valence-corrected chi connectivity index (χ1v) is 1.61. The molecule has 0 aromatic heterocycles. The number of carbonyl (C=O) groups is 1. The second-order valence-corrected chi connectivity index (χ2v) is 0.523. The first-order valence-electron chi connectivity index (χ1n) is 1.61. The Morgan fingerprint density at radius 1 is 1.50 bits per heavy atom. The molecule has 0 aliphatic rings. The molecule has 0 aromatic rings. The van der Waals surface area contributed by atoms with Crippen LogP contribution in [0.3, 0.4) is 0 Å². The summed E-state index contributed by atoms with van der Waals surface area (Å²) in [5.41, 5.74) is 0. The fourth-order valence-electron chi connectivity index (χ4n) is 0. The van der Waals surface area contributed by atoms with Gasteiger partial charge in [-0.1, -0.05) is 6.58 Å². The van der Waals surface area contributed by atoms with E-state index in [9.17, 15) is 0 Å². The predicted molar refractivity (Wildman–Crippen MR) is 26.5 cm³/mol. The van der Waals surface area contributed by atoms with Gasteiger partial charge in [-0.15, -0.1) is 13.2 Å². The minimum atomic E-state index is -1.23. The number of aliphatic carboxylic acids is 1. The van der Waals surface area contributed by atoms with Gasteiger partial charge in [-0.2, -0.15) is 0 Å². The summed E-state index contributed by atoms with van der Waals surface area (Å²) in [5, 5.41) is 9.14. The van der Waals surface area contributed by atoms with Gasteiger partial charge in [0, 0.05) is 0 Å². The summed E-state index contributed by atoms with van der Waals surface area (Å²) < 4.78 is 0. The third-order valence-electron chi connectivity index (χ3n) is 0.167. The Bertz CT molecular complexity index is 70.8. The van der Waals surface area contributed by atoms with Crippen LogP contribution in [0.5, 0.6) is 0 Å². The van der Waals surface area contributed by atoms with Crippen LogP contribution in [-0.2, 0) is 4.79 Å². The second-order valence-electron chi connectivity index (χ2n) is 0.523. The van der Waals surface area contributed by atoms with Crippen LogP contribution in [0.2, 0.25) is 0 Å². The third-order valence-corrected chi connectivity index (χ3v) is 0.167. The van der Waals surface area contributed by atoms with Crippen molar-refractivity contribution in [1.29, 1.82) is 0 Å². The average Bonchev–Trinajstić information content (AvgIpc) is 1.73. The van der Waals surface area contributed by atoms with Gasteiger partial charge in [0.25, 0.3) is 0 Å². The largest absolute Gasteiger partial charge is 1.00 e. The van der Waals surface area contributed by atoms with Crippen molar-refractivity contribution in [3.05, 3.63) is 25.8 Å². The first-order chi connectivity index (χ1) is 3.27. The minimum absolute atomic E-state index is 0. The zero-order chi connectivity index (χ0) is 6.28. The number of hydrogen-bond donors (Lipinski definition) is 0. The molecule has 0 spiro atoms. The molecule has 8 heavy (non-hydrogen) atoms. The Labute approximate surface area is 61.1 Å². The second kappa shape index (κ2) is 16.0. The quantitative estimate of drug-likeness (QED) is 0.200. The Morgan fingerprint density at radius 3 is 1.62 bits per heavy atom. The predicted octanol–water partition coefficient (Wildman–Crippen LogP) is -3.27. The molecule has 0 saturated heterocycles. The smallest absolute Gasteiger partial charge is 0.545 e. The van der Waals surface area contributed by atoms with Crippen molar-refractivity contribution in [2.24, 2.45) is 0 Å². The molecule has 0 aliphatic carbocycles. The van der Waals surface area contributed by atoms with Gasteiger partial charge in [0.2, 0.25) is 0 Å². The van der Waals surface area contributed by atoms with Crippen LogP contribution in [0.25, 0.3) is 0 Å². The Morgan fingerprint density at radius 2 is 1.62 bits per heavy atom. The van der Waals surface area contributed by atoms with Crippen molar-refractivity contribution in [2.75, 3.05) is 0 Å². The van der Waals surface area contributed by atoms with Crippen molar-refractivity contribution < 1.29 is 28.8 Å². The van der Waals surface area contributed by atoms with E-state index in [2.05, 4.69) is 19.7 Å². The van der Waals surface area contributed by atoms with Crippen LogP contribution < -0.4 is 24.0 Å². The number of carbonyl (C=O) groups excluding carboxylic acids is 1. The van der Waals surface area contributed by atoms with Gasteiger partial charge in [-0.05, 0) is 6.08 Å². The molecule has 0 radical (unpaired) electrons. The number of hydrogen-bond acceptors (Lipinski definition) is 2. The van der Waals surface area contributed by atoms with E-state index in [0.717, 1.165) is 6.08 Å². The van der Waals surface area contributed by atoms with Crippen LogP contribution in [0.1, 0.15) is 0 Å². The molecule has 0 heterocycles. The molecule has 40 valence electrons. The normalized spacial score (nSPS) is 4.50. The molecule has 0 atom stereocenters. The van der Waals surface area contributed by atoms with E-state index in [1.807, 2.05) is 0 Å². The molecule has 0 unspecified atom stereocenters. The summed E-state index contributed by atoms with van der Waals surface area (Å²) >= 11 is 0. The van der Waals surface area contributed by atoms with Crippen LogP contribution in [0.4, 0.5) is 0 Å². The van der Waals surface area contributed by atoms with E-state index in [1.54, 1.807) is 0 Å². The molecule has 0 bridgehead atoms. The SMILES string of the molecule is C=C.C=CC(=O)[O-].[Li+]. The molecule has 0 fully saturated rings. The van der Waals surface area contributed by atoms with Crippen LogP contribution >= 0.6 is 0 Å². The van der Waals surface area contributed by atoms with Crippen molar-refractivity contribution in [2.45, 2.75) is 0 Å².